The lowest BCUT2D eigenvalue weighted by molar-refractivity contribution is 0.0125. The third-order valence-electron chi connectivity index (χ3n) is 2.24. The third-order valence-corrected chi connectivity index (χ3v) is 2.24. The highest BCUT2D eigenvalue weighted by molar-refractivity contribution is 5.68. The molecule has 2 N–H and O–H groups in total. The van der Waals surface area contributed by atoms with E-state index in [-0.39, 0.29) is 6.09 Å². The van der Waals surface area contributed by atoms with E-state index in [4.69, 9.17) is 4.74 Å². The number of ether oxygens (including phenoxy) is 1. The zero-order valence-electron chi connectivity index (χ0n) is 10.3. The molecule has 16 heavy (non-hydrogen) atoms. The van der Waals surface area contributed by atoms with Crippen molar-refractivity contribution in [1.82, 2.24) is 10.2 Å². The number of hydrogen-bond donors (Lipinski definition) is 2. The van der Waals surface area contributed by atoms with Crippen molar-refractivity contribution in [3.05, 3.63) is 0 Å². The first kappa shape index (κ1) is 13.3. The van der Waals surface area contributed by atoms with E-state index in [1.165, 1.54) is 0 Å². The van der Waals surface area contributed by atoms with E-state index in [1.54, 1.807) is 4.90 Å². The second kappa shape index (κ2) is 5.50. The van der Waals surface area contributed by atoms with E-state index in [2.05, 4.69) is 5.32 Å². The Morgan fingerprint density at radius 1 is 1.50 bits per heavy atom. The molecule has 0 bridgehead atoms. The second-order valence-corrected chi connectivity index (χ2v) is 5.14. The van der Waals surface area contributed by atoms with Crippen LogP contribution in [0.5, 0.6) is 0 Å². The van der Waals surface area contributed by atoms with Gasteiger partial charge in [0.1, 0.15) is 5.60 Å². The van der Waals surface area contributed by atoms with E-state index in [1.807, 2.05) is 20.8 Å². The molecule has 0 aliphatic carbocycles. The number of carbonyl (C=O) groups excluding carboxylic acids is 1. The van der Waals surface area contributed by atoms with Crippen molar-refractivity contribution in [1.29, 1.82) is 0 Å². The number of aliphatic hydroxyl groups is 1. The summed E-state index contributed by atoms with van der Waals surface area (Å²) < 4.78 is 5.28. The molecule has 1 fully saturated rings. The molecule has 5 heteroatoms. The molecule has 1 unspecified atom stereocenters. The van der Waals surface area contributed by atoms with Gasteiger partial charge in [-0.2, -0.15) is 0 Å². The summed E-state index contributed by atoms with van der Waals surface area (Å²) in [5.74, 6) is 0. The first-order valence-corrected chi connectivity index (χ1v) is 5.75. The van der Waals surface area contributed by atoms with Gasteiger partial charge in [-0.05, 0) is 33.7 Å². The number of nitrogens with one attached hydrogen (secondary N) is 1. The maximum Gasteiger partial charge on any atom is 0.410 e. The SMILES string of the molecule is CC(C)(C)OC(=O)N1CCCNCC(O)C1. The van der Waals surface area contributed by atoms with Crippen LogP contribution in [-0.4, -0.2) is 54.0 Å². The van der Waals surface area contributed by atoms with Crippen LogP contribution in [0, 0.1) is 0 Å². The Bertz CT molecular complexity index is 238. The van der Waals surface area contributed by atoms with Crippen LogP contribution >= 0.6 is 0 Å². The first-order chi connectivity index (χ1) is 7.38. The summed E-state index contributed by atoms with van der Waals surface area (Å²) in [4.78, 5) is 13.4. The highest BCUT2D eigenvalue weighted by Crippen LogP contribution is 2.11. The minimum atomic E-state index is -0.521. The van der Waals surface area contributed by atoms with Crippen molar-refractivity contribution in [2.45, 2.75) is 38.9 Å². The van der Waals surface area contributed by atoms with E-state index < -0.39 is 11.7 Å². The molecule has 0 radical (unpaired) electrons. The van der Waals surface area contributed by atoms with Crippen LogP contribution in [-0.2, 0) is 4.74 Å². The van der Waals surface area contributed by atoms with Crippen molar-refractivity contribution in [2.24, 2.45) is 0 Å². The Morgan fingerprint density at radius 2 is 2.19 bits per heavy atom. The third kappa shape index (κ3) is 4.81. The van der Waals surface area contributed by atoms with E-state index in [0.717, 1.165) is 13.0 Å². The van der Waals surface area contributed by atoms with Crippen LogP contribution in [0.3, 0.4) is 0 Å². The molecule has 1 atom stereocenters. The molecule has 94 valence electrons. The Kier molecular flexibility index (Phi) is 4.56. The number of β-amino-alcohol motifs (C(OH)–C–C–N with tert-alkyl or cyclic N) is 1. The minimum absolute atomic E-state index is 0.335. The smallest absolute Gasteiger partial charge is 0.410 e. The molecule has 1 amide bonds. The van der Waals surface area contributed by atoms with Gasteiger partial charge in [0.15, 0.2) is 0 Å². The predicted octanol–water partition coefficient (Wildman–Crippen LogP) is 0.578. The Hall–Kier alpha value is -0.810. The van der Waals surface area contributed by atoms with Gasteiger partial charge >= 0.3 is 6.09 Å². The standard InChI is InChI=1S/C11H22N2O3/c1-11(2,3)16-10(15)13-6-4-5-12-7-9(14)8-13/h9,12,14H,4-8H2,1-3H3. The lowest BCUT2D eigenvalue weighted by Crippen LogP contribution is -2.46. The van der Waals surface area contributed by atoms with Gasteiger partial charge < -0.3 is 20.1 Å². The summed E-state index contributed by atoms with van der Waals surface area (Å²) in [6, 6.07) is 0. The van der Waals surface area contributed by atoms with Crippen LogP contribution in [0.15, 0.2) is 0 Å². The average molecular weight is 230 g/mol. The molecule has 0 spiro atoms. The number of nitrogens with zero attached hydrogens (tertiary/aromatic N) is 1. The molecule has 0 aromatic rings. The van der Waals surface area contributed by atoms with Gasteiger partial charge in [0.05, 0.1) is 12.6 Å². The number of amides is 1. The summed E-state index contributed by atoms with van der Waals surface area (Å²) in [6.07, 6.45) is 0.0210. The molecule has 1 aliphatic heterocycles. The molecule has 1 heterocycles. The Labute approximate surface area is 96.8 Å². The monoisotopic (exact) mass is 230 g/mol. The lowest BCUT2D eigenvalue weighted by Gasteiger charge is -2.30. The quantitative estimate of drug-likeness (QED) is 0.639. The molecule has 1 saturated heterocycles. The van der Waals surface area contributed by atoms with Crippen molar-refractivity contribution in [3.63, 3.8) is 0 Å². The van der Waals surface area contributed by atoms with Gasteiger partial charge in [-0.15, -0.1) is 0 Å². The van der Waals surface area contributed by atoms with E-state index in [0.29, 0.717) is 19.6 Å². The number of hydrogen-bond acceptors (Lipinski definition) is 4. The van der Waals surface area contributed by atoms with E-state index in [9.17, 15) is 9.90 Å². The summed E-state index contributed by atoms with van der Waals surface area (Å²) in [5, 5.41) is 12.7. The molecular formula is C11H22N2O3. The molecule has 5 nitrogen and oxygen atoms in total. The maximum absolute atomic E-state index is 11.8. The summed E-state index contributed by atoms with van der Waals surface area (Å²) >= 11 is 0. The fraction of sp³-hybridized carbons (Fsp3) is 0.909. The van der Waals surface area contributed by atoms with Crippen LogP contribution in [0.2, 0.25) is 0 Å². The van der Waals surface area contributed by atoms with Gasteiger partial charge in [0, 0.05) is 13.1 Å². The molecule has 0 saturated carbocycles. The largest absolute Gasteiger partial charge is 0.444 e. The van der Waals surface area contributed by atoms with E-state index >= 15 is 0 Å². The molecular weight excluding hydrogens is 208 g/mol. The average Bonchev–Trinajstić information content (AvgIpc) is 2.07. The van der Waals surface area contributed by atoms with Crippen LogP contribution in [0.25, 0.3) is 0 Å². The number of rotatable bonds is 0. The first-order valence-electron chi connectivity index (χ1n) is 5.75. The zero-order chi connectivity index (χ0) is 12.2. The molecule has 1 aliphatic rings. The van der Waals surface area contributed by atoms with Crippen molar-refractivity contribution < 1.29 is 14.6 Å². The highest BCUT2D eigenvalue weighted by Gasteiger charge is 2.24. The van der Waals surface area contributed by atoms with Gasteiger partial charge in [0.2, 0.25) is 0 Å². The molecule has 0 aromatic carbocycles. The summed E-state index contributed by atoms with van der Waals surface area (Å²) in [5.41, 5.74) is -0.483. The normalized spacial score (nSPS) is 23.5. The summed E-state index contributed by atoms with van der Waals surface area (Å²) in [7, 11) is 0. The highest BCUT2D eigenvalue weighted by atomic mass is 16.6. The maximum atomic E-state index is 11.8. The van der Waals surface area contributed by atoms with Gasteiger partial charge in [-0.1, -0.05) is 0 Å². The lowest BCUT2D eigenvalue weighted by atomic mass is 10.2. The fourth-order valence-corrected chi connectivity index (χ4v) is 1.57. The van der Waals surface area contributed by atoms with Crippen molar-refractivity contribution in [2.75, 3.05) is 26.2 Å². The van der Waals surface area contributed by atoms with Crippen molar-refractivity contribution >= 4 is 6.09 Å². The molecule has 0 aromatic heterocycles. The number of carbonyl (C=O) groups is 1. The van der Waals surface area contributed by atoms with Gasteiger partial charge in [-0.25, -0.2) is 4.79 Å². The Morgan fingerprint density at radius 3 is 2.81 bits per heavy atom. The van der Waals surface area contributed by atoms with Gasteiger partial charge in [-0.3, -0.25) is 0 Å². The van der Waals surface area contributed by atoms with Crippen molar-refractivity contribution in [3.8, 4) is 0 Å². The minimum Gasteiger partial charge on any atom is -0.444 e. The number of aliphatic hydroxyl groups excluding tert-OH is 1. The fourth-order valence-electron chi connectivity index (χ4n) is 1.57. The van der Waals surface area contributed by atoms with Crippen LogP contribution < -0.4 is 5.32 Å². The Balaban J connectivity index is 2.51. The van der Waals surface area contributed by atoms with Crippen LogP contribution in [0.1, 0.15) is 27.2 Å². The predicted molar refractivity (Wildman–Crippen MR) is 61.3 cm³/mol. The van der Waals surface area contributed by atoms with Gasteiger partial charge in [0.25, 0.3) is 0 Å². The summed E-state index contributed by atoms with van der Waals surface area (Å²) in [6.45, 7) is 7.82. The topological polar surface area (TPSA) is 61.8 Å². The van der Waals surface area contributed by atoms with Crippen LogP contribution in [0.4, 0.5) is 4.79 Å². The molecule has 1 rings (SSSR count). The zero-order valence-corrected chi connectivity index (χ0v) is 10.3. The second-order valence-electron chi connectivity index (χ2n) is 5.14.